The first-order valence-electron chi connectivity index (χ1n) is 11.7. The van der Waals surface area contributed by atoms with E-state index in [1.165, 1.54) is 12.1 Å². The van der Waals surface area contributed by atoms with Crippen molar-refractivity contribution < 1.29 is 33.3 Å². The number of nitrogens with one attached hydrogen (secondary N) is 1. The molecule has 1 aliphatic carbocycles. The van der Waals surface area contributed by atoms with Crippen LogP contribution in [0.2, 0.25) is 0 Å². The van der Waals surface area contributed by atoms with E-state index < -0.39 is 23.1 Å². The van der Waals surface area contributed by atoms with Gasteiger partial charge in [-0.2, -0.15) is 0 Å². The summed E-state index contributed by atoms with van der Waals surface area (Å²) in [7, 11) is 0. The lowest BCUT2D eigenvalue weighted by Crippen LogP contribution is -2.34. The molecule has 1 saturated carbocycles. The minimum atomic E-state index is -0.902. The van der Waals surface area contributed by atoms with Crippen LogP contribution in [0.25, 0.3) is 0 Å². The zero-order valence-electron chi connectivity index (χ0n) is 20.0. The Hall–Kier alpha value is -4.07. The number of hydrogen-bond donors (Lipinski definition) is 2. The summed E-state index contributed by atoms with van der Waals surface area (Å²) < 4.78 is 32.3. The summed E-state index contributed by atoms with van der Waals surface area (Å²) in [6.07, 6.45) is 0.752. The zero-order valence-corrected chi connectivity index (χ0v) is 20.0. The van der Waals surface area contributed by atoms with Crippen molar-refractivity contribution in [3.63, 3.8) is 0 Å². The first-order chi connectivity index (χ1) is 17.3. The summed E-state index contributed by atoms with van der Waals surface area (Å²) in [6.45, 7) is 4.03. The molecule has 1 aliphatic heterocycles. The normalized spacial score (nSPS) is 17.2. The number of ether oxygens (including phenoxy) is 3. The number of halogens is 1. The summed E-state index contributed by atoms with van der Waals surface area (Å²) in [5.41, 5.74) is 1.48. The van der Waals surface area contributed by atoms with Crippen LogP contribution in [0.4, 0.5) is 10.1 Å². The molecule has 0 aromatic heterocycles. The van der Waals surface area contributed by atoms with Crippen molar-refractivity contribution in [1.82, 2.24) is 0 Å². The second-order valence-corrected chi connectivity index (χ2v) is 9.28. The van der Waals surface area contributed by atoms with Crippen LogP contribution < -0.4 is 19.5 Å². The van der Waals surface area contributed by atoms with Crippen LogP contribution in [0.15, 0.2) is 54.6 Å². The number of fused-ring (bicyclic) bond motifs is 1. The van der Waals surface area contributed by atoms with Gasteiger partial charge in [0.05, 0.1) is 11.0 Å². The number of hydrogen-bond acceptors (Lipinski definition) is 5. The Bertz CT molecular complexity index is 1350. The van der Waals surface area contributed by atoms with Crippen molar-refractivity contribution in [2.45, 2.75) is 38.2 Å². The standard InChI is InChI=1S/C28H26FNO6/c1-16-7-8-18(12-21(16)28(9-10-28)27(32)33)30-26(31)20-11-17(2)25(13-22(20)29)35-15-19-14-34-23-5-3-4-6-24(23)36-19/h3-8,11-13,19H,9-10,14-15H2,1-2H3,(H,30,31)(H,32,33)/t19-/m0/s1. The van der Waals surface area contributed by atoms with E-state index >= 15 is 0 Å². The van der Waals surface area contributed by atoms with Crippen molar-refractivity contribution >= 4 is 17.6 Å². The third-order valence-corrected chi connectivity index (χ3v) is 6.67. The molecule has 2 N–H and O–H groups in total. The van der Waals surface area contributed by atoms with Gasteiger partial charge in [0.25, 0.3) is 5.91 Å². The van der Waals surface area contributed by atoms with Gasteiger partial charge in [-0.15, -0.1) is 0 Å². The molecule has 0 unspecified atom stereocenters. The first-order valence-corrected chi connectivity index (χ1v) is 11.7. The van der Waals surface area contributed by atoms with Crippen LogP contribution in [0.1, 0.15) is 39.9 Å². The SMILES string of the molecule is Cc1cc(C(=O)Nc2ccc(C)c(C3(C(=O)O)CC3)c2)c(F)cc1OC[C@@H]1COc2ccccc2O1. The molecule has 8 heteroatoms. The van der Waals surface area contributed by atoms with Gasteiger partial charge < -0.3 is 24.6 Å². The molecule has 1 heterocycles. The molecule has 0 bridgehead atoms. The van der Waals surface area contributed by atoms with E-state index in [1.54, 1.807) is 25.1 Å². The second kappa shape index (κ2) is 9.18. The van der Waals surface area contributed by atoms with Gasteiger partial charge in [-0.05, 0) is 73.7 Å². The third-order valence-electron chi connectivity index (χ3n) is 6.67. The highest BCUT2D eigenvalue weighted by atomic mass is 19.1. The molecular formula is C28H26FNO6. The number of anilines is 1. The van der Waals surface area contributed by atoms with Gasteiger partial charge in [0.1, 0.15) is 24.8 Å². The molecule has 0 saturated heterocycles. The Kier molecular flexibility index (Phi) is 6.04. The highest BCUT2D eigenvalue weighted by molar-refractivity contribution is 6.05. The molecule has 3 aromatic carbocycles. The number of para-hydroxylation sites is 2. The molecule has 1 amide bonds. The molecule has 3 aromatic rings. The number of amides is 1. The minimum absolute atomic E-state index is 0.132. The van der Waals surface area contributed by atoms with Gasteiger partial charge in [0.15, 0.2) is 17.6 Å². The fourth-order valence-corrected chi connectivity index (χ4v) is 4.46. The molecule has 1 fully saturated rings. The Morgan fingerprint density at radius 3 is 2.56 bits per heavy atom. The molecule has 5 rings (SSSR count). The lowest BCUT2D eigenvalue weighted by molar-refractivity contribution is -0.140. The Morgan fingerprint density at radius 2 is 1.83 bits per heavy atom. The predicted molar refractivity (Wildman–Crippen MR) is 131 cm³/mol. The summed E-state index contributed by atoms with van der Waals surface area (Å²) in [6, 6.07) is 15.1. The number of carboxylic acid groups (broad SMARTS) is 1. The Morgan fingerprint density at radius 1 is 1.08 bits per heavy atom. The third kappa shape index (κ3) is 4.46. The van der Waals surface area contributed by atoms with Gasteiger partial charge in [-0.3, -0.25) is 9.59 Å². The maximum atomic E-state index is 14.9. The van der Waals surface area contributed by atoms with Gasteiger partial charge in [-0.25, -0.2) is 4.39 Å². The molecule has 0 radical (unpaired) electrons. The van der Waals surface area contributed by atoms with Crippen LogP contribution in [0, 0.1) is 19.7 Å². The number of carboxylic acids is 1. The van der Waals surface area contributed by atoms with Gasteiger partial charge in [0, 0.05) is 11.8 Å². The molecule has 7 nitrogen and oxygen atoms in total. The lowest BCUT2D eigenvalue weighted by Gasteiger charge is -2.26. The van der Waals surface area contributed by atoms with Crippen molar-refractivity contribution in [2.24, 2.45) is 0 Å². The molecule has 186 valence electrons. The van der Waals surface area contributed by atoms with Crippen molar-refractivity contribution in [1.29, 1.82) is 0 Å². The fourth-order valence-electron chi connectivity index (χ4n) is 4.46. The fraction of sp³-hybridized carbons (Fsp3) is 0.286. The Labute approximate surface area is 207 Å². The topological polar surface area (TPSA) is 94.1 Å². The lowest BCUT2D eigenvalue weighted by atomic mass is 9.91. The van der Waals surface area contributed by atoms with E-state index in [9.17, 15) is 19.1 Å². The number of benzene rings is 3. The zero-order chi connectivity index (χ0) is 25.4. The van der Waals surface area contributed by atoms with Gasteiger partial charge in [-0.1, -0.05) is 18.2 Å². The monoisotopic (exact) mass is 491 g/mol. The summed E-state index contributed by atoms with van der Waals surface area (Å²) in [4.78, 5) is 24.6. The van der Waals surface area contributed by atoms with E-state index in [2.05, 4.69) is 5.32 Å². The predicted octanol–water partition coefficient (Wildman–Crippen LogP) is 5.03. The summed E-state index contributed by atoms with van der Waals surface area (Å²) in [5, 5.41) is 12.3. The van der Waals surface area contributed by atoms with Gasteiger partial charge >= 0.3 is 5.97 Å². The molecular weight excluding hydrogens is 465 g/mol. The molecule has 2 aliphatic rings. The van der Waals surface area contributed by atoms with Crippen molar-refractivity contribution in [3.8, 4) is 17.2 Å². The minimum Gasteiger partial charge on any atom is -0.489 e. The van der Waals surface area contributed by atoms with Crippen molar-refractivity contribution in [2.75, 3.05) is 18.5 Å². The summed E-state index contributed by atoms with van der Waals surface area (Å²) >= 11 is 0. The van der Waals surface area contributed by atoms with Crippen LogP contribution in [-0.2, 0) is 10.2 Å². The largest absolute Gasteiger partial charge is 0.489 e. The van der Waals surface area contributed by atoms with Crippen LogP contribution in [-0.4, -0.2) is 36.3 Å². The van der Waals surface area contributed by atoms with E-state index in [-0.39, 0.29) is 18.3 Å². The van der Waals surface area contributed by atoms with E-state index in [0.29, 0.717) is 53.5 Å². The maximum absolute atomic E-state index is 14.9. The molecule has 36 heavy (non-hydrogen) atoms. The number of carbonyl (C=O) groups excluding carboxylic acids is 1. The highest BCUT2D eigenvalue weighted by Gasteiger charge is 2.52. The smallest absolute Gasteiger partial charge is 0.314 e. The van der Waals surface area contributed by atoms with Gasteiger partial charge in [0.2, 0.25) is 0 Å². The molecule has 1 atom stereocenters. The average Bonchev–Trinajstić information content (AvgIpc) is 3.67. The average molecular weight is 492 g/mol. The Balaban J connectivity index is 1.27. The van der Waals surface area contributed by atoms with Crippen LogP contribution >= 0.6 is 0 Å². The first kappa shape index (κ1) is 23.7. The second-order valence-electron chi connectivity index (χ2n) is 9.28. The van der Waals surface area contributed by atoms with E-state index in [0.717, 1.165) is 5.56 Å². The van der Waals surface area contributed by atoms with Crippen LogP contribution in [0.5, 0.6) is 17.2 Å². The number of aryl methyl sites for hydroxylation is 2. The maximum Gasteiger partial charge on any atom is 0.314 e. The van der Waals surface area contributed by atoms with E-state index in [4.69, 9.17) is 14.2 Å². The highest BCUT2D eigenvalue weighted by Crippen LogP contribution is 2.50. The van der Waals surface area contributed by atoms with E-state index in [1.807, 2.05) is 31.2 Å². The number of aliphatic carboxylic acids is 1. The summed E-state index contributed by atoms with van der Waals surface area (Å²) in [5.74, 6) is -0.625. The van der Waals surface area contributed by atoms with Crippen LogP contribution in [0.3, 0.4) is 0 Å². The number of carbonyl (C=O) groups is 2. The quantitative estimate of drug-likeness (QED) is 0.482. The molecule has 0 spiro atoms. The van der Waals surface area contributed by atoms with Crippen molar-refractivity contribution in [3.05, 3.63) is 82.7 Å². The number of rotatable bonds is 7.